The third-order valence-corrected chi connectivity index (χ3v) is 9.60. The number of benzene rings is 6. The molecule has 0 spiro atoms. The zero-order valence-electron chi connectivity index (χ0n) is 28.1. The minimum atomic E-state index is 0.664. The van der Waals surface area contributed by atoms with Gasteiger partial charge in [0.05, 0.1) is 28.4 Å². The molecule has 1 aromatic heterocycles. The average Bonchev–Trinajstić information content (AvgIpc) is 3.22. The Balaban J connectivity index is 1.05. The third-order valence-electron chi connectivity index (χ3n) is 9.60. The molecule has 6 aromatic carbocycles. The lowest BCUT2D eigenvalue weighted by Gasteiger charge is -2.37. The molecule has 3 aliphatic rings. The van der Waals surface area contributed by atoms with Crippen LogP contribution in [0.2, 0.25) is 0 Å². The topological polar surface area (TPSA) is 63.6 Å². The van der Waals surface area contributed by atoms with Crippen molar-refractivity contribution >= 4 is 34.0 Å². The Bertz CT molecular complexity index is 2440. The van der Waals surface area contributed by atoms with Crippen LogP contribution in [0.5, 0.6) is 23.0 Å². The Morgan fingerprint density at radius 1 is 0.404 bits per heavy atom. The second-order valence-electron chi connectivity index (χ2n) is 12.8. The number of hydrogen-bond donors (Lipinski definition) is 0. The minimum absolute atomic E-state index is 0.664. The zero-order chi connectivity index (χ0) is 34.4. The second kappa shape index (κ2) is 12.4. The quantitative estimate of drug-likeness (QED) is 0.180. The van der Waals surface area contributed by atoms with Gasteiger partial charge in [-0.1, -0.05) is 103 Å². The fourth-order valence-corrected chi connectivity index (χ4v) is 7.13. The van der Waals surface area contributed by atoms with Gasteiger partial charge in [-0.15, -0.1) is 0 Å². The number of rotatable bonds is 5. The SMILES string of the molecule is C1=C(c2nc(-c3ccccc3)nc(-c3ccccc3)n2)CCC(N2c3ccccc3Oc3cc(N4c5ccccc5Oc5ccccc54)ccc32)=C1. The zero-order valence-corrected chi connectivity index (χ0v) is 28.1. The first kappa shape index (κ1) is 29.9. The Kier molecular flexibility index (Phi) is 7.13. The molecule has 7 nitrogen and oxygen atoms in total. The highest BCUT2D eigenvalue weighted by Crippen LogP contribution is 2.54. The maximum Gasteiger partial charge on any atom is 0.164 e. The molecule has 0 atom stereocenters. The van der Waals surface area contributed by atoms with E-state index in [-0.39, 0.29) is 0 Å². The molecule has 0 saturated heterocycles. The predicted molar refractivity (Wildman–Crippen MR) is 206 cm³/mol. The molecule has 0 radical (unpaired) electrons. The first-order valence-electron chi connectivity index (χ1n) is 17.4. The van der Waals surface area contributed by atoms with Crippen LogP contribution in [0, 0.1) is 0 Å². The number of para-hydroxylation sites is 6. The van der Waals surface area contributed by atoms with Gasteiger partial charge in [0.25, 0.3) is 0 Å². The summed E-state index contributed by atoms with van der Waals surface area (Å²) in [7, 11) is 0. The van der Waals surface area contributed by atoms with Crippen molar-refractivity contribution in [2.75, 3.05) is 9.80 Å². The van der Waals surface area contributed by atoms with Crippen molar-refractivity contribution in [3.8, 4) is 45.8 Å². The van der Waals surface area contributed by atoms with E-state index in [2.05, 4.69) is 64.4 Å². The number of hydrogen-bond acceptors (Lipinski definition) is 7. The summed E-state index contributed by atoms with van der Waals surface area (Å²) in [5, 5.41) is 0. The normalized spacial score (nSPS) is 14.1. The molecule has 0 fully saturated rings. The second-order valence-corrected chi connectivity index (χ2v) is 12.8. The monoisotopic (exact) mass is 673 g/mol. The van der Waals surface area contributed by atoms with E-state index in [1.54, 1.807) is 0 Å². The highest BCUT2D eigenvalue weighted by atomic mass is 16.5. The van der Waals surface area contributed by atoms with Crippen LogP contribution in [-0.4, -0.2) is 15.0 Å². The van der Waals surface area contributed by atoms with Crippen molar-refractivity contribution in [1.82, 2.24) is 15.0 Å². The van der Waals surface area contributed by atoms with Gasteiger partial charge in [0, 0.05) is 22.9 Å². The van der Waals surface area contributed by atoms with E-state index >= 15 is 0 Å². The summed E-state index contributed by atoms with van der Waals surface area (Å²) in [5.41, 5.74) is 9.08. The van der Waals surface area contributed by atoms with Crippen molar-refractivity contribution in [3.63, 3.8) is 0 Å². The highest BCUT2D eigenvalue weighted by Gasteiger charge is 2.31. The van der Waals surface area contributed by atoms with Crippen molar-refractivity contribution in [2.24, 2.45) is 0 Å². The maximum atomic E-state index is 6.64. The summed E-state index contributed by atoms with van der Waals surface area (Å²) >= 11 is 0. The van der Waals surface area contributed by atoms with E-state index in [4.69, 9.17) is 24.4 Å². The summed E-state index contributed by atoms with van der Waals surface area (Å²) < 4.78 is 12.9. The van der Waals surface area contributed by atoms with Gasteiger partial charge in [0.1, 0.15) is 0 Å². The Hall–Kier alpha value is -6.99. The van der Waals surface area contributed by atoms with E-state index < -0.39 is 0 Å². The smallest absolute Gasteiger partial charge is 0.164 e. The summed E-state index contributed by atoms with van der Waals surface area (Å²) in [6.07, 6.45) is 5.91. The molecule has 3 heterocycles. The molecule has 0 bridgehead atoms. The first-order chi connectivity index (χ1) is 25.8. The number of fused-ring (bicyclic) bond motifs is 4. The Labute approximate surface area is 301 Å². The summed E-state index contributed by atoms with van der Waals surface area (Å²) in [4.78, 5) is 19.4. The van der Waals surface area contributed by atoms with Crippen LogP contribution < -0.4 is 19.3 Å². The van der Waals surface area contributed by atoms with Crippen molar-refractivity contribution in [2.45, 2.75) is 12.8 Å². The molecule has 0 amide bonds. The number of anilines is 5. The summed E-state index contributed by atoms with van der Waals surface area (Å²) in [5.74, 6) is 5.24. The van der Waals surface area contributed by atoms with Gasteiger partial charge in [-0.2, -0.15) is 0 Å². The maximum absolute atomic E-state index is 6.64. The van der Waals surface area contributed by atoms with E-state index in [1.807, 2.05) is 109 Å². The van der Waals surface area contributed by atoms with Crippen LogP contribution in [0.4, 0.5) is 28.4 Å². The third kappa shape index (κ3) is 5.18. The fourth-order valence-electron chi connectivity index (χ4n) is 7.13. The molecule has 52 heavy (non-hydrogen) atoms. The number of ether oxygens (including phenoxy) is 2. The van der Waals surface area contributed by atoms with Crippen molar-refractivity contribution in [3.05, 3.63) is 175 Å². The van der Waals surface area contributed by atoms with Gasteiger partial charge in [-0.3, -0.25) is 0 Å². The van der Waals surface area contributed by atoms with E-state index in [0.717, 1.165) is 86.7 Å². The Morgan fingerprint density at radius 3 is 1.44 bits per heavy atom. The molecule has 0 saturated carbocycles. The van der Waals surface area contributed by atoms with Gasteiger partial charge < -0.3 is 19.3 Å². The summed E-state index contributed by atoms with van der Waals surface area (Å²) in [6, 6.07) is 51.1. The molecule has 7 heteroatoms. The molecular weight excluding hydrogens is 643 g/mol. The molecular formula is C45H31N5O2. The number of aromatic nitrogens is 3. The van der Waals surface area contributed by atoms with Crippen LogP contribution in [0.3, 0.4) is 0 Å². The molecule has 248 valence electrons. The van der Waals surface area contributed by atoms with Gasteiger partial charge in [-0.25, -0.2) is 15.0 Å². The van der Waals surface area contributed by atoms with Gasteiger partial charge in [0.15, 0.2) is 40.5 Å². The van der Waals surface area contributed by atoms with Gasteiger partial charge >= 0.3 is 0 Å². The van der Waals surface area contributed by atoms with Crippen LogP contribution in [0.25, 0.3) is 28.3 Å². The molecule has 0 N–H and O–H groups in total. The lowest BCUT2D eigenvalue weighted by Crippen LogP contribution is -2.22. The molecule has 1 aliphatic carbocycles. The van der Waals surface area contributed by atoms with Crippen LogP contribution >= 0.6 is 0 Å². The van der Waals surface area contributed by atoms with Gasteiger partial charge in [0.2, 0.25) is 0 Å². The molecule has 0 unspecified atom stereocenters. The molecule has 7 aromatic rings. The Morgan fingerprint density at radius 2 is 0.885 bits per heavy atom. The van der Waals surface area contributed by atoms with E-state index in [0.29, 0.717) is 17.5 Å². The first-order valence-corrected chi connectivity index (χ1v) is 17.4. The van der Waals surface area contributed by atoms with Crippen molar-refractivity contribution in [1.29, 1.82) is 0 Å². The highest BCUT2D eigenvalue weighted by molar-refractivity contribution is 5.89. The lowest BCUT2D eigenvalue weighted by atomic mass is 9.99. The number of nitrogens with zero attached hydrogens (tertiary/aromatic N) is 5. The minimum Gasteiger partial charge on any atom is -0.453 e. The molecule has 10 rings (SSSR count). The van der Waals surface area contributed by atoms with Crippen molar-refractivity contribution < 1.29 is 9.47 Å². The molecule has 2 aliphatic heterocycles. The standard InChI is InChI=1S/C45H31N5O2/c1-3-13-30(14-4-1)43-46-44(31-15-5-2-6-16-31)48-45(47-43)32-23-25-33(26-24-32)49-35-17-7-12-22-41(35)52-42-29-34(27-28-38(42)49)50-36-18-8-10-20-39(36)51-40-21-11-9-19-37(40)50/h1-23,25,27-29H,24,26H2. The fraction of sp³-hybridized carbons (Fsp3) is 0.0444. The van der Waals surface area contributed by atoms with Crippen LogP contribution in [0.1, 0.15) is 18.7 Å². The lowest BCUT2D eigenvalue weighted by molar-refractivity contribution is 0.473. The largest absolute Gasteiger partial charge is 0.453 e. The van der Waals surface area contributed by atoms with Crippen LogP contribution in [-0.2, 0) is 0 Å². The predicted octanol–water partition coefficient (Wildman–Crippen LogP) is 11.8. The summed E-state index contributed by atoms with van der Waals surface area (Å²) in [6.45, 7) is 0. The van der Waals surface area contributed by atoms with E-state index in [1.165, 1.54) is 0 Å². The van der Waals surface area contributed by atoms with Crippen LogP contribution in [0.15, 0.2) is 170 Å². The van der Waals surface area contributed by atoms with E-state index in [9.17, 15) is 0 Å². The number of allylic oxidation sites excluding steroid dienone is 4. The average molecular weight is 674 g/mol. The van der Waals surface area contributed by atoms with Gasteiger partial charge in [-0.05, 0) is 73.0 Å².